The summed E-state index contributed by atoms with van der Waals surface area (Å²) in [7, 11) is 2.95. The van der Waals surface area contributed by atoms with Crippen LogP contribution in [0.15, 0.2) is 55.6 Å². The van der Waals surface area contributed by atoms with Crippen LogP contribution in [0.1, 0.15) is 20.8 Å². The normalized spacial score (nSPS) is 10.8. The predicted octanol–water partition coefficient (Wildman–Crippen LogP) is 4.69. The van der Waals surface area contributed by atoms with Crippen LogP contribution in [0.25, 0.3) is 11.0 Å². The van der Waals surface area contributed by atoms with E-state index < -0.39 is 5.97 Å². The van der Waals surface area contributed by atoms with Crippen molar-refractivity contribution < 1.29 is 32.9 Å². The Balaban J connectivity index is 1.88. The second kappa shape index (κ2) is 11.0. The summed E-state index contributed by atoms with van der Waals surface area (Å²) in [5.41, 5.74) is 0.0621. The van der Waals surface area contributed by atoms with Gasteiger partial charge < -0.3 is 28.1 Å². The third kappa shape index (κ3) is 5.92. The first-order valence-corrected chi connectivity index (χ1v) is 11.1. The van der Waals surface area contributed by atoms with Crippen molar-refractivity contribution in [2.24, 2.45) is 0 Å². The van der Waals surface area contributed by atoms with E-state index >= 15 is 0 Å². The molecule has 0 aliphatic rings. The number of benzene rings is 2. The van der Waals surface area contributed by atoms with Crippen molar-refractivity contribution in [2.75, 3.05) is 27.4 Å². The minimum Gasteiger partial charge on any atom is -0.492 e. The van der Waals surface area contributed by atoms with Gasteiger partial charge >= 0.3 is 5.97 Å². The molecule has 3 aromatic rings. The van der Waals surface area contributed by atoms with E-state index in [1.54, 1.807) is 37.3 Å². The third-order valence-corrected chi connectivity index (χ3v) is 5.26. The van der Waals surface area contributed by atoms with Gasteiger partial charge in [-0.25, -0.2) is 4.79 Å². The Bertz CT molecular complexity index is 1170. The van der Waals surface area contributed by atoms with Crippen LogP contribution >= 0.6 is 11.8 Å². The van der Waals surface area contributed by atoms with Crippen molar-refractivity contribution in [1.29, 1.82) is 0 Å². The zero-order valence-electron chi connectivity index (χ0n) is 19.1. The van der Waals surface area contributed by atoms with E-state index in [9.17, 15) is 9.59 Å². The molecule has 0 N–H and O–H groups in total. The van der Waals surface area contributed by atoms with Gasteiger partial charge in [0.15, 0.2) is 28.6 Å². The molecule has 0 aliphatic carbocycles. The molecule has 0 amide bonds. The quantitative estimate of drug-likeness (QED) is 0.388. The van der Waals surface area contributed by atoms with E-state index in [0.717, 1.165) is 4.90 Å². The Morgan fingerprint density at radius 1 is 1.06 bits per heavy atom. The summed E-state index contributed by atoms with van der Waals surface area (Å²) < 4.78 is 33.0. The summed E-state index contributed by atoms with van der Waals surface area (Å²) in [6, 6.07) is 10.1. The molecule has 2 aromatic carbocycles. The van der Waals surface area contributed by atoms with Gasteiger partial charge in [-0.2, -0.15) is 0 Å². The van der Waals surface area contributed by atoms with Gasteiger partial charge in [-0.05, 0) is 45.0 Å². The SMILES string of the molecule is CCOC(=O)COc1ccc(Sc2cc(=O)c3c(OC)c(OC)c(OC(C)C)cc3o2)cc1. The maximum absolute atomic E-state index is 12.9. The number of methoxy groups -OCH3 is 2. The number of fused-ring (bicyclic) bond motifs is 1. The second-order valence-electron chi connectivity index (χ2n) is 7.08. The highest BCUT2D eigenvalue weighted by atomic mass is 32.2. The minimum atomic E-state index is -0.429. The zero-order valence-corrected chi connectivity index (χ0v) is 19.9. The highest BCUT2D eigenvalue weighted by Crippen LogP contribution is 2.43. The topological polar surface area (TPSA) is 93.4 Å². The second-order valence-corrected chi connectivity index (χ2v) is 8.16. The Kier molecular flexibility index (Phi) is 8.11. The summed E-state index contributed by atoms with van der Waals surface area (Å²) in [6.07, 6.45) is -0.116. The summed E-state index contributed by atoms with van der Waals surface area (Å²) in [4.78, 5) is 25.1. The summed E-state index contributed by atoms with van der Waals surface area (Å²) in [6.45, 7) is 5.65. The predicted molar refractivity (Wildman–Crippen MR) is 124 cm³/mol. The molecular formula is C24H26O8S. The Hall–Kier alpha value is -3.33. The van der Waals surface area contributed by atoms with Crippen LogP contribution in [0.2, 0.25) is 0 Å². The van der Waals surface area contributed by atoms with Crippen LogP contribution in [-0.4, -0.2) is 39.5 Å². The van der Waals surface area contributed by atoms with Crippen molar-refractivity contribution in [1.82, 2.24) is 0 Å². The molecule has 0 bridgehead atoms. The maximum Gasteiger partial charge on any atom is 0.344 e. The van der Waals surface area contributed by atoms with Crippen LogP contribution in [0, 0.1) is 0 Å². The molecule has 0 spiro atoms. The van der Waals surface area contributed by atoms with E-state index in [0.29, 0.717) is 34.5 Å². The monoisotopic (exact) mass is 474 g/mol. The van der Waals surface area contributed by atoms with Gasteiger partial charge in [0, 0.05) is 17.0 Å². The molecule has 0 saturated heterocycles. The molecule has 8 nitrogen and oxygen atoms in total. The van der Waals surface area contributed by atoms with Crippen LogP contribution in [-0.2, 0) is 9.53 Å². The number of ether oxygens (including phenoxy) is 5. The van der Waals surface area contributed by atoms with Gasteiger partial charge in [0.25, 0.3) is 0 Å². The number of hydrogen-bond acceptors (Lipinski definition) is 9. The fourth-order valence-electron chi connectivity index (χ4n) is 3.07. The van der Waals surface area contributed by atoms with Crippen LogP contribution in [0.5, 0.6) is 23.0 Å². The first kappa shape index (κ1) is 24.3. The lowest BCUT2D eigenvalue weighted by atomic mass is 10.1. The number of carbonyl (C=O) groups is 1. The minimum absolute atomic E-state index is 0.116. The average Bonchev–Trinajstić information content (AvgIpc) is 2.77. The first-order valence-electron chi connectivity index (χ1n) is 10.3. The van der Waals surface area contributed by atoms with Crippen molar-refractivity contribution in [3.8, 4) is 23.0 Å². The molecule has 0 atom stereocenters. The molecule has 0 saturated carbocycles. The largest absolute Gasteiger partial charge is 0.492 e. The van der Waals surface area contributed by atoms with Gasteiger partial charge in [0.05, 0.1) is 26.9 Å². The average molecular weight is 475 g/mol. The molecule has 0 fully saturated rings. The van der Waals surface area contributed by atoms with E-state index in [4.69, 9.17) is 28.1 Å². The van der Waals surface area contributed by atoms with E-state index in [1.807, 2.05) is 13.8 Å². The molecule has 3 rings (SSSR count). The highest BCUT2D eigenvalue weighted by Gasteiger charge is 2.21. The Labute approximate surface area is 195 Å². The summed E-state index contributed by atoms with van der Waals surface area (Å²) >= 11 is 1.27. The van der Waals surface area contributed by atoms with Crippen molar-refractivity contribution in [2.45, 2.75) is 36.9 Å². The summed E-state index contributed by atoms with van der Waals surface area (Å²) in [5, 5.41) is 0.674. The molecule has 0 aliphatic heterocycles. The molecule has 176 valence electrons. The van der Waals surface area contributed by atoms with Crippen molar-refractivity contribution in [3.63, 3.8) is 0 Å². The van der Waals surface area contributed by atoms with E-state index in [-0.39, 0.29) is 29.3 Å². The number of carbonyl (C=O) groups excluding carboxylic acids is 1. The molecule has 9 heteroatoms. The van der Waals surface area contributed by atoms with Gasteiger partial charge in [-0.1, -0.05) is 11.8 Å². The van der Waals surface area contributed by atoms with Gasteiger partial charge in [-0.3, -0.25) is 4.79 Å². The van der Waals surface area contributed by atoms with Gasteiger partial charge in [-0.15, -0.1) is 0 Å². The van der Waals surface area contributed by atoms with Gasteiger partial charge in [0.2, 0.25) is 5.75 Å². The van der Waals surface area contributed by atoms with Crippen molar-refractivity contribution in [3.05, 3.63) is 46.6 Å². The van der Waals surface area contributed by atoms with Crippen LogP contribution in [0.3, 0.4) is 0 Å². The lowest BCUT2D eigenvalue weighted by Gasteiger charge is -2.17. The zero-order chi connectivity index (χ0) is 24.0. The fourth-order valence-corrected chi connectivity index (χ4v) is 3.87. The highest BCUT2D eigenvalue weighted by molar-refractivity contribution is 7.99. The molecule has 0 radical (unpaired) electrons. The van der Waals surface area contributed by atoms with Gasteiger partial charge in [0.1, 0.15) is 16.7 Å². The lowest BCUT2D eigenvalue weighted by Crippen LogP contribution is -2.14. The molecule has 1 heterocycles. The molecular weight excluding hydrogens is 448 g/mol. The van der Waals surface area contributed by atoms with Crippen LogP contribution in [0.4, 0.5) is 0 Å². The summed E-state index contributed by atoms with van der Waals surface area (Å²) in [5.74, 6) is 1.12. The standard InChI is InChI=1S/C24H26O8S/c1-6-29-20(26)13-30-15-7-9-16(10-8-15)33-21-11-17(25)22-18(32-21)12-19(31-14(2)3)23(27-4)24(22)28-5/h7-12,14H,6,13H2,1-5H3. The van der Waals surface area contributed by atoms with Crippen LogP contribution < -0.4 is 24.4 Å². The lowest BCUT2D eigenvalue weighted by molar-refractivity contribution is -0.145. The number of hydrogen-bond donors (Lipinski definition) is 0. The Morgan fingerprint density at radius 2 is 1.76 bits per heavy atom. The third-order valence-electron chi connectivity index (χ3n) is 4.35. The fraction of sp³-hybridized carbons (Fsp3) is 0.333. The number of rotatable bonds is 10. The van der Waals surface area contributed by atoms with Crippen molar-refractivity contribution >= 4 is 28.7 Å². The van der Waals surface area contributed by atoms with E-state index in [1.165, 1.54) is 32.0 Å². The molecule has 1 aromatic heterocycles. The first-order chi connectivity index (χ1) is 15.9. The Morgan fingerprint density at radius 3 is 2.36 bits per heavy atom. The smallest absolute Gasteiger partial charge is 0.344 e. The van der Waals surface area contributed by atoms with E-state index in [2.05, 4.69) is 0 Å². The number of esters is 1. The molecule has 33 heavy (non-hydrogen) atoms. The molecule has 0 unspecified atom stereocenters. The maximum atomic E-state index is 12.9.